The molecule has 5 rings (SSSR count). The molecule has 1 aromatic heterocycles. The molecule has 180 valence electrons. The molecule has 1 saturated heterocycles. The Hall–Kier alpha value is -2.88. The van der Waals surface area contributed by atoms with Crippen LogP contribution in [0.1, 0.15) is 11.1 Å². The molecule has 9 heteroatoms. The van der Waals surface area contributed by atoms with Gasteiger partial charge in [0, 0.05) is 48.7 Å². The van der Waals surface area contributed by atoms with Gasteiger partial charge in [-0.15, -0.1) is 0 Å². The third kappa shape index (κ3) is 4.19. The highest BCUT2D eigenvalue weighted by atomic mass is 32.2. The van der Waals surface area contributed by atoms with Crippen LogP contribution in [0.5, 0.6) is 5.75 Å². The van der Waals surface area contributed by atoms with Crippen molar-refractivity contribution in [3.8, 4) is 5.75 Å². The summed E-state index contributed by atoms with van der Waals surface area (Å²) in [6, 6.07) is 13.3. The highest BCUT2D eigenvalue weighted by Crippen LogP contribution is 2.34. The number of aryl methyl sites for hydroxylation is 1. The van der Waals surface area contributed by atoms with E-state index in [1.165, 1.54) is 0 Å². The quantitative estimate of drug-likeness (QED) is 0.552. The molecule has 0 bridgehead atoms. The number of hydrogen-bond acceptors (Lipinski definition) is 8. The van der Waals surface area contributed by atoms with Crippen LogP contribution in [0.4, 0.5) is 11.5 Å². The maximum Gasteiger partial charge on any atom is 0.180 e. The van der Waals surface area contributed by atoms with Crippen molar-refractivity contribution >= 4 is 32.2 Å². The molecular formula is C25H30N4O4S. The van der Waals surface area contributed by atoms with Crippen LogP contribution in [0.3, 0.4) is 0 Å². The molecule has 0 unspecified atom stereocenters. The Kier molecular flexibility index (Phi) is 5.87. The Morgan fingerprint density at radius 3 is 2.74 bits per heavy atom. The number of benzene rings is 2. The van der Waals surface area contributed by atoms with Crippen molar-refractivity contribution in [1.82, 2.24) is 4.98 Å². The third-order valence-electron chi connectivity index (χ3n) is 6.77. The Morgan fingerprint density at radius 1 is 1.21 bits per heavy atom. The number of nitrogens with two attached hydrogens (primary N) is 1. The predicted molar refractivity (Wildman–Crippen MR) is 133 cm³/mol. The lowest BCUT2D eigenvalue weighted by molar-refractivity contribution is -0.0979. The minimum atomic E-state index is -3.40. The lowest BCUT2D eigenvalue weighted by Gasteiger charge is -2.40. The molecule has 3 aromatic rings. The zero-order chi connectivity index (χ0) is 23.9. The topological polar surface area (TPSA) is 107 Å². The van der Waals surface area contributed by atoms with Gasteiger partial charge in [0.25, 0.3) is 0 Å². The molecule has 2 aliphatic heterocycles. The van der Waals surface area contributed by atoms with Crippen molar-refractivity contribution in [3.63, 3.8) is 0 Å². The van der Waals surface area contributed by atoms with Crippen LogP contribution in [0.15, 0.2) is 47.4 Å². The van der Waals surface area contributed by atoms with Crippen molar-refractivity contribution in [2.75, 3.05) is 55.9 Å². The van der Waals surface area contributed by atoms with Gasteiger partial charge in [-0.05, 0) is 42.8 Å². The van der Waals surface area contributed by atoms with Crippen LogP contribution in [-0.4, -0.2) is 59.1 Å². The minimum absolute atomic E-state index is 0.0241. The third-order valence-corrected chi connectivity index (χ3v) is 8.56. The molecule has 0 saturated carbocycles. The summed E-state index contributed by atoms with van der Waals surface area (Å²) in [6.07, 6.45) is 0. The fourth-order valence-electron chi connectivity index (χ4n) is 4.53. The van der Waals surface area contributed by atoms with E-state index in [1.54, 1.807) is 25.3 Å². The van der Waals surface area contributed by atoms with E-state index in [-0.39, 0.29) is 11.2 Å². The standard InChI is InChI=1S/C25H30N4O4S/c1-17-3-5-21-20(9-17)22(27-14-25(13-26)15-33-16-25)11-24(28-21)29-7-8-34(30,31)23-6-4-19(32-2)10-18(23)12-29/h3-6,9-11H,7-8,12-16,26H2,1-2H3,(H,27,28). The second-order valence-corrected chi connectivity index (χ2v) is 11.4. The van der Waals surface area contributed by atoms with E-state index in [9.17, 15) is 8.42 Å². The highest BCUT2D eigenvalue weighted by molar-refractivity contribution is 7.91. The molecule has 0 amide bonds. The number of methoxy groups -OCH3 is 1. The van der Waals surface area contributed by atoms with Crippen LogP contribution in [-0.2, 0) is 21.1 Å². The number of aromatic nitrogens is 1. The van der Waals surface area contributed by atoms with Crippen LogP contribution in [0.25, 0.3) is 10.9 Å². The van der Waals surface area contributed by atoms with E-state index in [2.05, 4.69) is 18.3 Å². The molecule has 34 heavy (non-hydrogen) atoms. The second-order valence-electron chi connectivity index (χ2n) is 9.31. The number of rotatable bonds is 6. The average Bonchev–Trinajstić information content (AvgIpc) is 2.94. The van der Waals surface area contributed by atoms with Crippen molar-refractivity contribution in [3.05, 3.63) is 53.6 Å². The highest BCUT2D eigenvalue weighted by Gasteiger charge is 2.37. The van der Waals surface area contributed by atoms with Crippen LogP contribution in [0.2, 0.25) is 0 Å². The molecule has 0 aliphatic carbocycles. The lowest BCUT2D eigenvalue weighted by atomic mass is 9.86. The lowest BCUT2D eigenvalue weighted by Crippen LogP contribution is -2.52. The fraction of sp³-hybridized carbons (Fsp3) is 0.400. The summed E-state index contributed by atoms with van der Waals surface area (Å²) in [5.74, 6) is 1.39. The summed E-state index contributed by atoms with van der Waals surface area (Å²) in [5.41, 5.74) is 9.63. The number of sulfone groups is 1. The zero-order valence-corrected chi connectivity index (χ0v) is 20.3. The number of nitrogens with one attached hydrogen (secondary N) is 1. The van der Waals surface area contributed by atoms with Gasteiger partial charge in [-0.1, -0.05) is 11.6 Å². The van der Waals surface area contributed by atoms with E-state index in [0.717, 1.165) is 28.0 Å². The Labute approximate surface area is 200 Å². The van der Waals surface area contributed by atoms with Gasteiger partial charge in [0.2, 0.25) is 0 Å². The van der Waals surface area contributed by atoms with Crippen molar-refractivity contribution < 1.29 is 17.9 Å². The summed E-state index contributed by atoms with van der Waals surface area (Å²) in [7, 11) is -1.82. The Bertz CT molecular complexity index is 1330. The van der Waals surface area contributed by atoms with Crippen LogP contribution >= 0.6 is 0 Å². The molecular weight excluding hydrogens is 452 g/mol. The Balaban J connectivity index is 1.54. The zero-order valence-electron chi connectivity index (χ0n) is 19.5. The number of anilines is 2. The number of ether oxygens (including phenoxy) is 2. The van der Waals surface area contributed by atoms with Gasteiger partial charge in [-0.3, -0.25) is 0 Å². The van der Waals surface area contributed by atoms with E-state index < -0.39 is 9.84 Å². The van der Waals surface area contributed by atoms with Gasteiger partial charge >= 0.3 is 0 Å². The first-order valence-electron chi connectivity index (χ1n) is 11.4. The van der Waals surface area contributed by atoms with Crippen molar-refractivity contribution in [1.29, 1.82) is 0 Å². The van der Waals surface area contributed by atoms with Gasteiger partial charge in [-0.2, -0.15) is 0 Å². The largest absolute Gasteiger partial charge is 0.497 e. The van der Waals surface area contributed by atoms with E-state index >= 15 is 0 Å². The molecule has 0 spiro atoms. The van der Waals surface area contributed by atoms with Crippen molar-refractivity contribution in [2.24, 2.45) is 11.1 Å². The molecule has 2 aromatic carbocycles. The molecule has 2 aliphatic rings. The number of pyridine rings is 1. The molecule has 3 heterocycles. The summed E-state index contributed by atoms with van der Waals surface area (Å²) >= 11 is 0. The molecule has 8 nitrogen and oxygen atoms in total. The first-order chi connectivity index (χ1) is 16.3. The monoisotopic (exact) mass is 482 g/mol. The molecule has 0 radical (unpaired) electrons. The molecule has 0 atom stereocenters. The van der Waals surface area contributed by atoms with Gasteiger partial charge in [-0.25, -0.2) is 13.4 Å². The normalized spacial score (nSPS) is 18.6. The van der Waals surface area contributed by atoms with Gasteiger partial charge in [0.1, 0.15) is 11.6 Å². The van der Waals surface area contributed by atoms with E-state index in [4.69, 9.17) is 20.2 Å². The number of nitrogens with zero attached hydrogens (tertiary/aromatic N) is 2. The predicted octanol–water partition coefficient (Wildman–Crippen LogP) is 2.73. The number of fused-ring (bicyclic) bond motifs is 2. The second kappa shape index (κ2) is 8.72. The average molecular weight is 483 g/mol. The summed E-state index contributed by atoms with van der Waals surface area (Å²) in [5, 5.41) is 4.62. The van der Waals surface area contributed by atoms with Crippen LogP contribution < -0.4 is 20.7 Å². The number of hydrogen-bond donors (Lipinski definition) is 2. The molecule has 1 fully saturated rings. The van der Waals surface area contributed by atoms with E-state index in [0.29, 0.717) is 55.6 Å². The van der Waals surface area contributed by atoms with Gasteiger partial charge < -0.3 is 25.4 Å². The van der Waals surface area contributed by atoms with E-state index in [1.807, 2.05) is 23.1 Å². The molecule has 3 N–H and O–H groups in total. The Morgan fingerprint density at radius 2 is 2.03 bits per heavy atom. The first-order valence-corrected chi connectivity index (χ1v) is 13.1. The van der Waals surface area contributed by atoms with Gasteiger partial charge in [0.05, 0.1) is 36.5 Å². The minimum Gasteiger partial charge on any atom is -0.497 e. The maximum atomic E-state index is 12.9. The summed E-state index contributed by atoms with van der Waals surface area (Å²) < 4.78 is 36.7. The maximum absolute atomic E-state index is 12.9. The van der Waals surface area contributed by atoms with Gasteiger partial charge in [0.15, 0.2) is 9.84 Å². The smallest absolute Gasteiger partial charge is 0.180 e. The first kappa shape index (κ1) is 22.9. The summed E-state index contributed by atoms with van der Waals surface area (Å²) in [6.45, 7) is 5.38. The summed E-state index contributed by atoms with van der Waals surface area (Å²) in [4.78, 5) is 7.30. The van der Waals surface area contributed by atoms with Crippen molar-refractivity contribution in [2.45, 2.75) is 18.4 Å². The fourth-order valence-corrected chi connectivity index (χ4v) is 6.01. The SMILES string of the molecule is COc1ccc2c(c1)CN(c1cc(NCC3(CN)COC3)c3cc(C)ccc3n1)CCS2(=O)=O. The van der Waals surface area contributed by atoms with Crippen LogP contribution in [0, 0.1) is 12.3 Å².